The van der Waals surface area contributed by atoms with E-state index in [0.717, 1.165) is 25.7 Å². The van der Waals surface area contributed by atoms with Gasteiger partial charge in [0.05, 0.1) is 12.2 Å². The molecule has 0 saturated carbocycles. The summed E-state index contributed by atoms with van der Waals surface area (Å²) in [4.78, 5) is 0. The van der Waals surface area contributed by atoms with Crippen molar-refractivity contribution in [2.24, 2.45) is 0 Å². The second kappa shape index (κ2) is 11.2. The molecule has 0 spiro atoms. The SMILES string of the molecule is CCC(O)CC(SC(CC(O)CC)c1cc(C)ccc1C)c1cc(C)ccc1C. The molecular formula is C26H38O2S. The fraction of sp³-hybridized carbons (Fsp3) is 0.538. The molecule has 4 atom stereocenters. The molecule has 2 nitrogen and oxygen atoms in total. The normalized spacial score (nSPS) is 15.7. The van der Waals surface area contributed by atoms with Gasteiger partial charge in [-0.05, 0) is 75.6 Å². The van der Waals surface area contributed by atoms with Gasteiger partial charge in [-0.1, -0.05) is 61.4 Å². The Morgan fingerprint density at radius 1 is 0.690 bits per heavy atom. The van der Waals surface area contributed by atoms with Gasteiger partial charge in [0.2, 0.25) is 0 Å². The van der Waals surface area contributed by atoms with Gasteiger partial charge in [-0.2, -0.15) is 0 Å². The van der Waals surface area contributed by atoms with Gasteiger partial charge in [-0.25, -0.2) is 0 Å². The first kappa shape index (κ1) is 24.0. The lowest BCUT2D eigenvalue weighted by atomic mass is 9.98. The third kappa shape index (κ3) is 6.87. The predicted molar refractivity (Wildman–Crippen MR) is 127 cm³/mol. The van der Waals surface area contributed by atoms with Gasteiger partial charge in [-0.15, -0.1) is 11.8 Å². The van der Waals surface area contributed by atoms with E-state index in [1.807, 2.05) is 25.6 Å². The molecule has 160 valence electrons. The summed E-state index contributed by atoms with van der Waals surface area (Å²) in [5, 5.41) is 21.4. The smallest absolute Gasteiger partial charge is 0.0551 e. The minimum atomic E-state index is -0.317. The third-order valence-corrected chi connectivity index (χ3v) is 7.36. The van der Waals surface area contributed by atoms with Crippen LogP contribution in [-0.2, 0) is 0 Å². The number of aliphatic hydroxyl groups excluding tert-OH is 2. The second-order valence-electron chi connectivity index (χ2n) is 8.43. The van der Waals surface area contributed by atoms with Crippen LogP contribution in [0.15, 0.2) is 36.4 Å². The first-order valence-electron chi connectivity index (χ1n) is 10.9. The Kier molecular flexibility index (Phi) is 9.26. The fourth-order valence-corrected chi connectivity index (χ4v) is 5.62. The highest BCUT2D eigenvalue weighted by atomic mass is 32.2. The molecule has 0 fully saturated rings. The van der Waals surface area contributed by atoms with Crippen molar-refractivity contribution in [1.29, 1.82) is 0 Å². The third-order valence-electron chi connectivity index (χ3n) is 5.81. The van der Waals surface area contributed by atoms with Crippen LogP contribution in [0.5, 0.6) is 0 Å². The highest BCUT2D eigenvalue weighted by Gasteiger charge is 2.26. The summed E-state index contributed by atoms with van der Waals surface area (Å²) in [6.45, 7) is 12.7. The van der Waals surface area contributed by atoms with Crippen LogP contribution < -0.4 is 0 Å². The summed E-state index contributed by atoms with van der Waals surface area (Å²) in [5.41, 5.74) is 7.66. The van der Waals surface area contributed by atoms with Crippen LogP contribution in [0.25, 0.3) is 0 Å². The number of hydrogen-bond acceptors (Lipinski definition) is 3. The molecule has 0 saturated heterocycles. The van der Waals surface area contributed by atoms with Crippen molar-refractivity contribution in [3.8, 4) is 0 Å². The van der Waals surface area contributed by atoms with Gasteiger partial charge in [-0.3, -0.25) is 0 Å². The summed E-state index contributed by atoms with van der Waals surface area (Å²) in [7, 11) is 0. The Morgan fingerprint density at radius 3 is 1.41 bits per heavy atom. The van der Waals surface area contributed by atoms with Crippen LogP contribution in [-0.4, -0.2) is 22.4 Å². The van der Waals surface area contributed by atoms with Gasteiger partial charge in [0, 0.05) is 10.5 Å². The highest BCUT2D eigenvalue weighted by Crippen LogP contribution is 2.47. The number of aliphatic hydroxyl groups is 2. The van der Waals surface area contributed by atoms with Crippen LogP contribution in [0, 0.1) is 27.7 Å². The van der Waals surface area contributed by atoms with Crippen LogP contribution in [0.2, 0.25) is 0 Å². The minimum Gasteiger partial charge on any atom is -0.393 e. The predicted octanol–water partition coefficient (Wildman–Crippen LogP) is 6.76. The van der Waals surface area contributed by atoms with Crippen molar-refractivity contribution in [3.05, 3.63) is 69.8 Å². The molecular weight excluding hydrogens is 376 g/mol. The lowest BCUT2D eigenvalue weighted by molar-refractivity contribution is 0.157. The Labute approximate surface area is 181 Å². The van der Waals surface area contributed by atoms with Gasteiger partial charge < -0.3 is 10.2 Å². The summed E-state index contributed by atoms with van der Waals surface area (Å²) in [6.07, 6.45) is 2.34. The molecule has 0 radical (unpaired) electrons. The van der Waals surface area contributed by atoms with E-state index >= 15 is 0 Å². The van der Waals surface area contributed by atoms with E-state index in [-0.39, 0.29) is 22.7 Å². The van der Waals surface area contributed by atoms with E-state index in [0.29, 0.717) is 0 Å². The number of rotatable bonds is 10. The topological polar surface area (TPSA) is 40.5 Å². The van der Waals surface area contributed by atoms with Crippen LogP contribution in [0.1, 0.15) is 83.4 Å². The first-order chi connectivity index (χ1) is 13.7. The monoisotopic (exact) mass is 414 g/mol. The Hall–Kier alpha value is -1.29. The summed E-state index contributed by atoms with van der Waals surface area (Å²) >= 11 is 1.91. The zero-order chi connectivity index (χ0) is 21.6. The number of aryl methyl sites for hydroxylation is 4. The summed E-state index contributed by atoms with van der Waals surface area (Å²) < 4.78 is 0. The maximum Gasteiger partial charge on any atom is 0.0551 e. The van der Waals surface area contributed by atoms with Gasteiger partial charge in [0.15, 0.2) is 0 Å². The van der Waals surface area contributed by atoms with Crippen molar-refractivity contribution in [3.63, 3.8) is 0 Å². The molecule has 2 rings (SSSR count). The molecule has 0 bridgehead atoms. The van der Waals surface area contributed by atoms with Crippen molar-refractivity contribution in [2.45, 2.75) is 89.9 Å². The van der Waals surface area contributed by atoms with Crippen LogP contribution in [0.3, 0.4) is 0 Å². The quantitative estimate of drug-likeness (QED) is 0.451. The zero-order valence-electron chi connectivity index (χ0n) is 18.9. The van der Waals surface area contributed by atoms with Gasteiger partial charge in [0.25, 0.3) is 0 Å². The second-order valence-corrected chi connectivity index (χ2v) is 9.84. The molecule has 4 unspecified atom stereocenters. The molecule has 0 amide bonds. The fourth-order valence-electron chi connectivity index (χ4n) is 3.75. The number of thioether (sulfide) groups is 1. The zero-order valence-corrected chi connectivity index (χ0v) is 19.7. The Morgan fingerprint density at radius 2 is 1.07 bits per heavy atom. The van der Waals surface area contributed by atoms with E-state index in [4.69, 9.17) is 0 Å². The maximum atomic E-state index is 10.5. The molecule has 0 heterocycles. The lowest BCUT2D eigenvalue weighted by Gasteiger charge is -2.29. The van der Waals surface area contributed by atoms with Gasteiger partial charge >= 0.3 is 0 Å². The number of hydrogen-bond donors (Lipinski definition) is 2. The molecule has 3 heteroatoms. The molecule has 2 N–H and O–H groups in total. The van der Waals surface area contributed by atoms with Crippen molar-refractivity contribution < 1.29 is 10.2 Å². The minimum absolute atomic E-state index is 0.193. The molecule has 0 aliphatic rings. The van der Waals surface area contributed by atoms with Crippen molar-refractivity contribution in [2.75, 3.05) is 0 Å². The van der Waals surface area contributed by atoms with E-state index in [1.54, 1.807) is 0 Å². The van der Waals surface area contributed by atoms with E-state index < -0.39 is 0 Å². The molecule has 0 aliphatic heterocycles. The van der Waals surface area contributed by atoms with E-state index in [2.05, 4.69) is 64.1 Å². The van der Waals surface area contributed by atoms with Crippen LogP contribution in [0.4, 0.5) is 0 Å². The largest absolute Gasteiger partial charge is 0.393 e. The van der Waals surface area contributed by atoms with Crippen molar-refractivity contribution in [1.82, 2.24) is 0 Å². The maximum absolute atomic E-state index is 10.5. The summed E-state index contributed by atoms with van der Waals surface area (Å²) in [5.74, 6) is 0. The standard InChI is InChI=1S/C26H38O2S/c1-7-21(27)15-25(23-13-17(3)9-11-19(23)5)29-26(16-22(28)8-2)24-14-18(4)10-12-20(24)6/h9-14,21-22,25-28H,7-8,15-16H2,1-6H3. The molecule has 2 aromatic rings. The van der Waals surface area contributed by atoms with Crippen LogP contribution >= 0.6 is 11.8 Å². The Bertz CT molecular complexity index is 721. The number of benzene rings is 2. The summed E-state index contributed by atoms with van der Waals surface area (Å²) in [6, 6.07) is 13.2. The molecule has 2 aromatic carbocycles. The molecule has 0 aliphatic carbocycles. The van der Waals surface area contributed by atoms with E-state index in [1.165, 1.54) is 33.4 Å². The molecule has 0 aromatic heterocycles. The average Bonchev–Trinajstić information content (AvgIpc) is 2.70. The van der Waals surface area contributed by atoms with Crippen molar-refractivity contribution >= 4 is 11.8 Å². The van der Waals surface area contributed by atoms with E-state index in [9.17, 15) is 10.2 Å². The van der Waals surface area contributed by atoms with Gasteiger partial charge in [0.1, 0.15) is 0 Å². The average molecular weight is 415 g/mol. The lowest BCUT2D eigenvalue weighted by Crippen LogP contribution is -2.15. The Balaban J connectivity index is 2.45. The first-order valence-corrected chi connectivity index (χ1v) is 11.8. The highest BCUT2D eigenvalue weighted by molar-refractivity contribution is 7.99. The molecule has 29 heavy (non-hydrogen) atoms.